The highest BCUT2D eigenvalue weighted by Crippen LogP contribution is 2.28. The van der Waals surface area contributed by atoms with Crippen molar-refractivity contribution in [2.24, 2.45) is 0 Å². The first-order valence-corrected chi connectivity index (χ1v) is 7.50. The van der Waals surface area contributed by atoms with Gasteiger partial charge in [-0.1, -0.05) is 54.1 Å². The van der Waals surface area contributed by atoms with Crippen molar-refractivity contribution in [3.8, 4) is 11.3 Å². The van der Waals surface area contributed by atoms with Crippen LogP contribution >= 0.6 is 11.6 Å². The molecule has 3 aromatic rings. The van der Waals surface area contributed by atoms with Crippen molar-refractivity contribution in [1.82, 2.24) is 9.97 Å². The monoisotopic (exact) mass is 309 g/mol. The number of hydrogen-bond donors (Lipinski definition) is 1. The van der Waals surface area contributed by atoms with E-state index >= 15 is 0 Å². The quantitative estimate of drug-likeness (QED) is 0.739. The molecule has 4 heteroatoms. The van der Waals surface area contributed by atoms with Crippen molar-refractivity contribution in [2.45, 2.75) is 13.0 Å². The van der Waals surface area contributed by atoms with Crippen LogP contribution in [0.1, 0.15) is 18.5 Å². The minimum Gasteiger partial charge on any atom is -0.362 e. The van der Waals surface area contributed by atoms with Crippen LogP contribution in [0.5, 0.6) is 0 Å². The fourth-order valence-corrected chi connectivity index (χ4v) is 2.51. The van der Waals surface area contributed by atoms with Crippen LogP contribution in [0.4, 0.5) is 5.82 Å². The second kappa shape index (κ2) is 6.58. The van der Waals surface area contributed by atoms with E-state index in [0.29, 0.717) is 5.02 Å². The number of rotatable bonds is 4. The third kappa shape index (κ3) is 3.26. The molecular weight excluding hydrogens is 294 g/mol. The van der Waals surface area contributed by atoms with Gasteiger partial charge in [0, 0.05) is 23.0 Å². The smallest absolute Gasteiger partial charge is 0.153 e. The van der Waals surface area contributed by atoms with Gasteiger partial charge in [0.2, 0.25) is 0 Å². The Bertz CT molecular complexity index is 759. The molecule has 0 radical (unpaired) electrons. The molecular formula is C18H16ClN3. The topological polar surface area (TPSA) is 37.8 Å². The van der Waals surface area contributed by atoms with Crippen molar-refractivity contribution in [1.29, 1.82) is 0 Å². The standard InChI is InChI=1S/C18H16ClN3/c1-13(14-6-3-2-4-7-14)22-18-17(20-10-11-21-18)15-8-5-9-16(19)12-15/h2-13H,1H3,(H,21,22)/t13-/m0/s1. The molecule has 0 fully saturated rings. The summed E-state index contributed by atoms with van der Waals surface area (Å²) in [5.41, 5.74) is 2.95. The maximum atomic E-state index is 6.08. The Labute approximate surface area is 135 Å². The van der Waals surface area contributed by atoms with E-state index in [1.807, 2.05) is 42.5 Å². The highest BCUT2D eigenvalue weighted by Gasteiger charge is 2.12. The van der Waals surface area contributed by atoms with E-state index in [1.165, 1.54) is 5.56 Å². The van der Waals surface area contributed by atoms with Gasteiger partial charge in [-0.2, -0.15) is 0 Å². The Hall–Kier alpha value is -2.39. The summed E-state index contributed by atoms with van der Waals surface area (Å²) >= 11 is 6.08. The van der Waals surface area contributed by atoms with E-state index in [1.54, 1.807) is 12.4 Å². The molecule has 0 unspecified atom stereocenters. The summed E-state index contributed by atoms with van der Waals surface area (Å²) in [5, 5.41) is 4.11. The van der Waals surface area contributed by atoms with Gasteiger partial charge in [0.25, 0.3) is 0 Å². The molecule has 22 heavy (non-hydrogen) atoms. The van der Waals surface area contributed by atoms with Crippen LogP contribution in [-0.4, -0.2) is 9.97 Å². The van der Waals surface area contributed by atoms with E-state index in [0.717, 1.165) is 17.1 Å². The second-order valence-corrected chi connectivity index (χ2v) is 5.48. The van der Waals surface area contributed by atoms with E-state index in [2.05, 4.69) is 34.3 Å². The van der Waals surface area contributed by atoms with Gasteiger partial charge < -0.3 is 5.32 Å². The molecule has 2 aromatic carbocycles. The van der Waals surface area contributed by atoms with Gasteiger partial charge in [-0.15, -0.1) is 0 Å². The van der Waals surface area contributed by atoms with Gasteiger partial charge in [0.15, 0.2) is 5.82 Å². The summed E-state index contributed by atoms with van der Waals surface area (Å²) in [4.78, 5) is 8.89. The minimum atomic E-state index is 0.135. The van der Waals surface area contributed by atoms with Gasteiger partial charge >= 0.3 is 0 Å². The van der Waals surface area contributed by atoms with Crippen LogP contribution in [0.2, 0.25) is 5.02 Å². The maximum absolute atomic E-state index is 6.08. The van der Waals surface area contributed by atoms with E-state index in [9.17, 15) is 0 Å². The third-order valence-corrected chi connectivity index (χ3v) is 3.68. The normalized spacial score (nSPS) is 11.9. The van der Waals surface area contributed by atoms with Crippen molar-refractivity contribution < 1.29 is 0 Å². The summed E-state index contributed by atoms with van der Waals surface area (Å²) in [6.45, 7) is 2.10. The molecule has 0 amide bonds. The molecule has 3 nitrogen and oxygen atoms in total. The zero-order chi connectivity index (χ0) is 15.4. The zero-order valence-corrected chi connectivity index (χ0v) is 13.0. The molecule has 110 valence electrons. The summed E-state index contributed by atoms with van der Waals surface area (Å²) in [5.74, 6) is 0.751. The first-order chi connectivity index (χ1) is 10.7. The van der Waals surface area contributed by atoms with Crippen LogP contribution < -0.4 is 5.32 Å². The molecule has 0 saturated heterocycles. The Balaban J connectivity index is 1.92. The fraction of sp³-hybridized carbons (Fsp3) is 0.111. The summed E-state index contributed by atoms with van der Waals surface area (Å²) < 4.78 is 0. The molecule has 1 N–H and O–H groups in total. The average molecular weight is 310 g/mol. The molecule has 1 atom stereocenters. The Morgan fingerprint density at radius 3 is 2.50 bits per heavy atom. The lowest BCUT2D eigenvalue weighted by Gasteiger charge is -2.17. The summed E-state index contributed by atoms with van der Waals surface area (Å²) in [6.07, 6.45) is 3.38. The van der Waals surface area contributed by atoms with E-state index in [4.69, 9.17) is 11.6 Å². The van der Waals surface area contributed by atoms with Gasteiger partial charge in [-0.3, -0.25) is 4.98 Å². The summed E-state index contributed by atoms with van der Waals surface area (Å²) in [7, 11) is 0. The average Bonchev–Trinajstić information content (AvgIpc) is 2.56. The van der Waals surface area contributed by atoms with Crippen LogP contribution in [0.15, 0.2) is 67.0 Å². The number of benzene rings is 2. The Morgan fingerprint density at radius 1 is 0.955 bits per heavy atom. The van der Waals surface area contributed by atoms with E-state index in [-0.39, 0.29) is 6.04 Å². The van der Waals surface area contributed by atoms with Gasteiger partial charge in [0.1, 0.15) is 5.69 Å². The van der Waals surface area contributed by atoms with Crippen molar-refractivity contribution >= 4 is 17.4 Å². The van der Waals surface area contributed by atoms with Crippen LogP contribution in [-0.2, 0) is 0 Å². The third-order valence-electron chi connectivity index (χ3n) is 3.45. The molecule has 0 saturated carbocycles. The molecule has 0 aliphatic rings. The Morgan fingerprint density at radius 2 is 1.73 bits per heavy atom. The fourth-order valence-electron chi connectivity index (χ4n) is 2.32. The van der Waals surface area contributed by atoms with Crippen molar-refractivity contribution in [2.75, 3.05) is 5.32 Å². The van der Waals surface area contributed by atoms with Crippen molar-refractivity contribution in [3.05, 3.63) is 77.6 Å². The Kier molecular flexibility index (Phi) is 4.35. The number of anilines is 1. The summed E-state index contributed by atoms with van der Waals surface area (Å²) in [6, 6.07) is 18.0. The number of nitrogens with one attached hydrogen (secondary N) is 1. The van der Waals surface area contributed by atoms with Gasteiger partial charge in [-0.25, -0.2) is 4.98 Å². The van der Waals surface area contributed by atoms with Crippen LogP contribution in [0.25, 0.3) is 11.3 Å². The number of nitrogens with zero attached hydrogens (tertiary/aromatic N) is 2. The van der Waals surface area contributed by atoms with Gasteiger partial charge in [0.05, 0.1) is 6.04 Å². The predicted octanol–water partition coefficient (Wildman–Crippen LogP) is 4.97. The molecule has 0 aliphatic carbocycles. The predicted molar refractivity (Wildman–Crippen MR) is 91.0 cm³/mol. The number of aromatic nitrogens is 2. The first-order valence-electron chi connectivity index (χ1n) is 7.12. The molecule has 3 rings (SSSR count). The van der Waals surface area contributed by atoms with E-state index < -0.39 is 0 Å². The SMILES string of the molecule is C[C@H](Nc1nccnc1-c1cccc(Cl)c1)c1ccccc1. The molecule has 0 spiro atoms. The highest BCUT2D eigenvalue weighted by atomic mass is 35.5. The van der Waals surface area contributed by atoms with Gasteiger partial charge in [-0.05, 0) is 24.6 Å². The molecule has 0 bridgehead atoms. The molecule has 0 aliphatic heterocycles. The van der Waals surface area contributed by atoms with Crippen LogP contribution in [0.3, 0.4) is 0 Å². The lowest BCUT2D eigenvalue weighted by atomic mass is 10.1. The molecule has 1 aromatic heterocycles. The highest BCUT2D eigenvalue weighted by molar-refractivity contribution is 6.30. The maximum Gasteiger partial charge on any atom is 0.153 e. The van der Waals surface area contributed by atoms with Crippen LogP contribution in [0, 0.1) is 0 Å². The lowest BCUT2D eigenvalue weighted by molar-refractivity contribution is 0.872. The second-order valence-electron chi connectivity index (χ2n) is 5.04. The number of hydrogen-bond acceptors (Lipinski definition) is 3. The first kappa shape index (κ1) is 14.5. The number of halogens is 1. The molecule has 1 heterocycles. The van der Waals surface area contributed by atoms with Crippen molar-refractivity contribution in [3.63, 3.8) is 0 Å². The lowest BCUT2D eigenvalue weighted by Crippen LogP contribution is -2.09. The zero-order valence-electron chi connectivity index (χ0n) is 12.2. The largest absolute Gasteiger partial charge is 0.362 e. The minimum absolute atomic E-state index is 0.135.